The third-order valence-corrected chi connectivity index (χ3v) is 14.8. The molecular weight excluding hydrogens is 1180 g/mol. The third-order valence-electron chi connectivity index (χ3n) is 14.0. The standard InChI is InChI=1S/C55H90N14O18S/c1-9-10-11-12-13-14-15-17-37(72)23-43(74)64-41(26-88(84,85)86)52(80)65-38(20-29(2)3)49(77)58-19-16-18-42(73)63-39(21-35-24-56-27-59-35)50(78)61-30(4)47(75)67-44(32(6)70)53(81)69-46-34(8)87-55(83)45(33(7)71)68-48(76)31(5)62-51(79)40(66-54(46)82)22-36-25-57-28-60-36/h24-25,27-34,37-41,44-46,70-72H,9-23,26H2,1-8H3,(H,56,59)(H,57,60)(H,58,77)(H,61,78)(H,62,79)(H,63,73)(H,64,74)(H,65,80)(H,66,82)(H,67,75)(H,68,76)(H,69,81)(H,84,85,86). The first-order valence-electron chi connectivity index (χ1n) is 29.5. The van der Waals surface area contributed by atoms with Gasteiger partial charge in [-0.25, -0.2) is 14.8 Å². The number of nitrogens with one attached hydrogen (secondary N) is 12. The van der Waals surface area contributed by atoms with E-state index in [9.17, 15) is 81.0 Å². The Bertz CT molecular complexity index is 2730. The number of esters is 1. The number of amides is 10. The predicted molar refractivity (Wildman–Crippen MR) is 314 cm³/mol. The quantitative estimate of drug-likeness (QED) is 0.0183. The molecule has 3 rings (SSSR count). The fourth-order valence-electron chi connectivity index (χ4n) is 9.10. The van der Waals surface area contributed by atoms with E-state index in [0.29, 0.717) is 24.2 Å². The fraction of sp³-hybridized carbons (Fsp3) is 0.691. The van der Waals surface area contributed by atoms with Gasteiger partial charge in [-0.1, -0.05) is 65.7 Å². The molecule has 494 valence electrons. The number of ether oxygens (including phenoxy) is 1. The van der Waals surface area contributed by atoms with Crippen molar-refractivity contribution in [2.24, 2.45) is 5.92 Å². The lowest BCUT2D eigenvalue weighted by Crippen LogP contribution is -2.63. The van der Waals surface area contributed by atoms with Gasteiger partial charge in [-0.3, -0.25) is 52.5 Å². The van der Waals surface area contributed by atoms with Gasteiger partial charge >= 0.3 is 5.97 Å². The lowest BCUT2D eigenvalue weighted by molar-refractivity contribution is -0.158. The molecule has 0 saturated carbocycles. The van der Waals surface area contributed by atoms with Crippen LogP contribution in [0.2, 0.25) is 0 Å². The van der Waals surface area contributed by atoms with Gasteiger partial charge in [0.05, 0.1) is 37.4 Å². The number of unbranched alkanes of at least 4 members (excludes halogenated alkanes) is 6. The van der Waals surface area contributed by atoms with E-state index in [4.69, 9.17) is 4.74 Å². The Morgan fingerprint density at radius 2 is 1.28 bits per heavy atom. The number of rotatable bonds is 35. The summed E-state index contributed by atoms with van der Waals surface area (Å²) in [7, 11) is -4.84. The number of imidazole rings is 2. The summed E-state index contributed by atoms with van der Waals surface area (Å²) in [6.07, 6.45) is 5.51. The first kappa shape index (κ1) is 74.6. The first-order valence-corrected chi connectivity index (χ1v) is 31.1. The molecule has 0 radical (unpaired) electrons. The highest BCUT2D eigenvalue weighted by Crippen LogP contribution is 2.14. The number of aliphatic hydroxyl groups is 3. The lowest BCUT2D eigenvalue weighted by atomic mass is 10.0. The number of hydrogen-bond donors (Lipinski definition) is 16. The number of aromatic nitrogens is 4. The molecule has 88 heavy (non-hydrogen) atoms. The minimum atomic E-state index is -4.84. The van der Waals surface area contributed by atoms with E-state index in [0.717, 1.165) is 45.4 Å². The Morgan fingerprint density at radius 3 is 1.88 bits per heavy atom. The van der Waals surface area contributed by atoms with Gasteiger partial charge in [0, 0.05) is 49.6 Å². The van der Waals surface area contributed by atoms with Gasteiger partial charge < -0.3 is 83.2 Å². The van der Waals surface area contributed by atoms with Crippen LogP contribution in [0, 0.1) is 5.92 Å². The topological polar surface area (TPSA) is 490 Å². The van der Waals surface area contributed by atoms with Crippen LogP contribution in [0.15, 0.2) is 25.0 Å². The highest BCUT2D eigenvalue weighted by atomic mass is 32.2. The van der Waals surface area contributed by atoms with Gasteiger partial charge in [0.2, 0.25) is 59.1 Å². The molecule has 16 N–H and O–H groups in total. The van der Waals surface area contributed by atoms with Gasteiger partial charge in [0.15, 0.2) is 6.04 Å². The SMILES string of the molecule is CCCCCCCCCC(O)CC(=O)NC(CS(=O)(=O)O)C(=O)NC(CC(C)C)C(=O)NCCCC(=O)NC(Cc1cnc[nH]1)C(=O)NC(C)C(=O)NC(C(=O)NC1C(=O)NC(Cc2cnc[nH]2)C(=O)NC(C)C(=O)NC(C(C)O)C(=O)OC1C)C(C)O. The summed E-state index contributed by atoms with van der Waals surface area (Å²) in [6, 6.07) is -14.2. The van der Waals surface area contributed by atoms with Crippen molar-refractivity contribution in [3.63, 3.8) is 0 Å². The Labute approximate surface area is 511 Å². The van der Waals surface area contributed by atoms with E-state index in [1.807, 2.05) is 0 Å². The summed E-state index contributed by atoms with van der Waals surface area (Å²) < 4.78 is 39.0. The van der Waals surface area contributed by atoms with Crippen LogP contribution in [0.1, 0.15) is 144 Å². The predicted octanol–water partition coefficient (Wildman–Crippen LogP) is -3.25. The summed E-state index contributed by atoms with van der Waals surface area (Å²) in [6.45, 7) is 11.4. The molecule has 32 nitrogen and oxygen atoms in total. The Hall–Kier alpha value is -7.62. The summed E-state index contributed by atoms with van der Waals surface area (Å²) in [5.74, 6) is -12.1. The second kappa shape index (κ2) is 37.3. The van der Waals surface area contributed by atoms with Crippen molar-refractivity contribution < 1.29 is 85.8 Å². The van der Waals surface area contributed by atoms with E-state index in [1.54, 1.807) is 13.8 Å². The largest absolute Gasteiger partial charge is 0.458 e. The van der Waals surface area contributed by atoms with E-state index in [1.165, 1.54) is 52.7 Å². The van der Waals surface area contributed by atoms with Crippen LogP contribution >= 0.6 is 0 Å². The summed E-state index contributed by atoms with van der Waals surface area (Å²) in [4.78, 5) is 162. The maximum atomic E-state index is 14.1. The van der Waals surface area contributed by atoms with Crippen molar-refractivity contribution in [1.29, 1.82) is 0 Å². The van der Waals surface area contributed by atoms with Crippen molar-refractivity contribution >= 4 is 75.2 Å². The number of aliphatic hydroxyl groups excluding tert-OH is 3. The highest BCUT2D eigenvalue weighted by molar-refractivity contribution is 7.85. The van der Waals surface area contributed by atoms with E-state index in [2.05, 4.69) is 80.0 Å². The zero-order valence-corrected chi connectivity index (χ0v) is 51.8. The van der Waals surface area contributed by atoms with Crippen LogP contribution in [0.3, 0.4) is 0 Å². The molecule has 1 aliphatic rings. The highest BCUT2D eigenvalue weighted by Gasteiger charge is 2.40. The van der Waals surface area contributed by atoms with Crippen molar-refractivity contribution in [2.75, 3.05) is 12.3 Å². The zero-order chi connectivity index (χ0) is 65.8. The molecule has 2 aromatic rings. The molecule has 0 bridgehead atoms. The molecule has 0 aromatic carbocycles. The molecule has 13 atom stereocenters. The Kier molecular flexibility index (Phi) is 31.6. The third kappa shape index (κ3) is 27.2. The number of cyclic esters (lactones) is 1. The molecule has 0 spiro atoms. The van der Waals surface area contributed by atoms with Crippen LogP contribution < -0.4 is 53.2 Å². The molecule has 2 aromatic heterocycles. The maximum absolute atomic E-state index is 14.1. The average molecular weight is 1270 g/mol. The van der Waals surface area contributed by atoms with Crippen LogP contribution in [0.4, 0.5) is 0 Å². The van der Waals surface area contributed by atoms with Crippen LogP contribution in [-0.4, -0.2) is 204 Å². The molecular formula is C55H90N14O18S. The Balaban J connectivity index is 1.68. The summed E-state index contributed by atoms with van der Waals surface area (Å²) >= 11 is 0. The van der Waals surface area contributed by atoms with Crippen LogP contribution in [0.5, 0.6) is 0 Å². The maximum Gasteiger partial charge on any atom is 0.331 e. The van der Waals surface area contributed by atoms with E-state index in [-0.39, 0.29) is 44.6 Å². The molecule has 10 amide bonds. The second-order valence-corrected chi connectivity index (χ2v) is 24.0. The minimum Gasteiger partial charge on any atom is -0.458 e. The number of nitrogens with zero attached hydrogens (tertiary/aromatic N) is 2. The van der Waals surface area contributed by atoms with Gasteiger partial charge in [-0.2, -0.15) is 8.42 Å². The van der Waals surface area contributed by atoms with Crippen molar-refractivity contribution in [1.82, 2.24) is 73.1 Å². The first-order chi connectivity index (χ1) is 41.4. The number of aromatic amines is 2. The molecule has 1 fully saturated rings. The number of H-pyrrole nitrogens is 2. The normalized spacial score (nSPS) is 20.4. The van der Waals surface area contributed by atoms with Crippen molar-refractivity contribution in [3.05, 3.63) is 36.4 Å². The van der Waals surface area contributed by atoms with Crippen molar-refractivity contribution in [2.45, 2.75) is 224 Å². The van der Waals surface area contributed by atoms with Crippen LogP contribution in [0.25, 0.3) is 0 Å². The molecule has 13 unspecified atom stereocenters. The van der Waals surface area contributed by atoms with Crippen LogP contribution in [-0.2, 0) is 80.4 Å². The van der Waals surface area contributed by atoms with Gasteiger partial charge in [-0.05, 0) is 59.8 Å². The van der Waals surface area contributed by atoms with Crippen molar-refractivity contribution in [3.8, 4) is 0 Å². The minimum absolute atomic E-state index is 0.0206. The van der Waals surface area contributed by atoms with E-state index >= 15 is 0 Å². The molecule has 3 heterocycles. The fourth-order valence-corrected chi connectivity index (χ4v) is 9.75. The summed E-state index contributed by atoms with van der Waals surface area (Å²) in [5, 5.41) is 55.9. The molecule has 33 heteroatoms. The second-order valence-electron chi connectivity index (χ2n) is 22.5. The van der Waals surface area contributed by atoms with Gasteiger partial charge in [-0.15, -0.1) is 0 Å². The zero-order valence-electron chi connectivity index (χ0n) is 51.0. The molecule has 0 aliphatic carbocycles. The monoisotopic (exact) mass is 1270 g/mol. The number of carbonyl (C=O) groups is 11. The van der Waals surface area contributed by atoms with Gasteiger partial charge in [0.25, 0.3) is 10.1 Å². The Morgan fingerprint density at radius 1 is 0.670 bits per heavy atom. The smallest absolute Gasteiger partial charge is 0.331 e. The molecule has 1 saturated heterocycles. The average Bonchev–Trinajstić information content (AvgIpc) is 2.17. The lowest BCUT2D eigenvalue weighted by Gasteiger charge is -2.30. The van der Waals surface area contributed by atoms with Gasteiger partial charge in [0.1, 0.15) is 60.2 Å². The molecule has 1 aliphatic heterocycles. The summed E-state index contributed by atoms with van der Waals surface area (Å²) in [5.41, 5.74) is 0.745. The number of carbonyl (C=O) groups excluding carboxylic acids is 11. The van der Waals surface area contributed by atoms with E-state index < -0.39 is 166 Å². The number of hydrogen-bond acceptors (Lipinski definition) is 19.